The number of guanidine groups is 1. The smallest absolute Gasteiger partial charge is 0.191 e. The molecule has 23 heavy (non-hydrogen) atoms. The quantitative estimate of drug-likeness (QED) is 0.434. The van der Waals surface area contributed by atoms with Gasteiger partial charge in [0.05, 0.1) is 0 Å². The van der Waals surface area contributed by atoms with Crippen LogP contribution in [0.5, 0.6) is 0 Å². The van der Waals surface area contributed by atoms with Crippen LogP contribution in [-0.4, -0.2) is 49.6 Å². The summed E-state index contributed by atoms with van der Waals surface area (Å²) in [6, 6.07) is 4.28. The van der Waals surface area contributed by atoms with Crippen LogP contribution in [0.4, 0.5) is 5.82 Å². The van der Waals surface area contributed by atoms with Crippen LogP contribution in [0.3, 0.4) is 0 Å². The molecule has 1 fully saturated rings. The van der Waals surface area contributed by atoms with Gasteiger partial charge in [-0.15, -0.1) is 0 Å². The molecule has 1 aliphatic rings. The summed E-state index contributed by atoms with van der Waals surface area (Å²) in [5, 5.41) is 6.70. The Bertz CT molecular complexity index is 468. The molecule has 0 spiro atoms. The van der Waals surface area contributed by atoms with Gasteiger partial charge in [-0.3, -0.25) is 4.99 Å². The fraction of sp³-hybridized carbons (Fsp3) is 0.647. The monoisotopic (exact) mass is 335 g/mol. The predicted molar refractivity (Wildman–Crippen MR) is 102 cm³/mol. The third-order valence-corrected chi connectivity index (χ3v) is 4.69. The summed E-state index contributed by atoms with van der Waals surface area (Å²) in [6.45, 7) is 3.99. The lowest BCUT2D eigenvalue weighted by atomic mass is 10.3. The van der Waals surface area contributed by atoms with Crippen molar-refractivity contribution in [2.45, 2.75) is 32.2 Å². The maximum Gasteiger partial charge on any atom is 0.191 e. The van der Waals surface area contributed by atoms with Gasteiger partial charge in [0.1, 0.15) is 5.82 Å². The van der Waals surface area contributed by atoms with Crippen LogP contribution in [0, 0.1) is 0 Å². The van der Waals surface area contributed by atoms with E-state index in [-0.39, 0.29) is 0 Å². The number of pyridine rings is 1. The Balaban J connectivity index is 1.71. The Morgan fingerprint density at radius 2 is 2.09 bits per heavy atom. The maximum atomic E-state index is 4.58. The van der Waals surface area contributed by atoms with Crippen molar-refractivity contribution in [3.05, 3.63) is 23.9 Å². The average Bonchev–Trinajstić information content (AvgIpc) is 3.12. The molecule has 2 heterocycles. The summed E-state index contributed by atoms with van der Waals surface area (Å²) in [6.07, 6.45) is 9.10. The highest BCUT2D eigenvalue weighted by Crippen LogP contribution is 2.17. The van der Waals surface area contributed by atoms with Crippen LogP contribution in [0.15, 0.2) is 23.3 Å². The average molecular weight is 336 g/mol. The largest absolute Gasteiger partial charge is 0.357 e. The maximum absolute atomic E-state index is 4.58. The second-order valence-electron chi connectivity index (χ2n) is 5.77. The molecule has 1 saturated heterocycles. The van der Waals surface area contributed by atoms with Crippen LogP contribution in [0.25, 0.3) is 0 Å². The molecule has 5 nitrogen and oxygen atoms in total. The molecular formula is C17H29N5S. The number of aromatic nitrogens is 1. The van der Waals surface area contributed by atoms with Crippen molar-refractivity contribution >= 4 is 23.5 Å². The normalized spacial score (nSPS) is 15.0. The van der Waals surface area contributed by atoms with Crippen molar-refractivity contribution < 1.29 is 0 Å². The summed E-state index contributed by atoms with van der Waals surface area (Å²) in [5.74, 6) is 3.18. The Morgan fingerprint density at radius 3 is 2.74 bits per heavy atom. The number of nitrogens with zero attached hydrogens (tertiary/aromatic N) is 3. The van der Waals surface area contributed by atoms with E-state index in [9.17, 15) is 0 Å². The van der Waals surface area contributed by atoms with E-state index in [1.807, 2.05) is 25.0 Å². The fourth-order valence-electron chi connectivity index (χ4n) is 2.64. The summed E-state index contributed by atoms with van der Waals surface area (Å²) >= 11 is 1.90. The van der Waals surface area contributed by atoms with Crippen molar-refractivity contribution in [3.8, 4) is 0 Å². The van der Waals surface area contributed by atoms with E-state index in [4.69, 9.17) is 0 Å². The zero-order valence-electron chi connectivity index (χ0n) is 14.3. The number of thioether (sulfide) groups is 1. The molecule has 1 aromatic rings. The van der Waals surface area contributed by atoms with Gasteiger partial charge in [-0.25, -0.2) is 4.98 Å². The Labute approximate surface area is 144 Å². The first kappa shape index (κ1) is 17.9. The SMILES string of the molecule is CN=C(NCCCCSC)NCc1ccc(N2CCCC2)nc1. The molecule has 1 aliphatic heterocycles. The molecule has 0 saturated carbocycles. The van der Waals surface area contributed by atoms with Gasteiger partial charge in [0.15, 0.2) is 5.96 Å². The van der Waals surface area contributed by atoms with Crippen molar-refractivity contribution in [3.63, 3.8) is 0 Å². The molecule has 1 aromatic heterocycles. The predicted octanol–water partition coefficient (Wildman–Crippen LogP) is 2.49. The first-order valence-electron chi connectivity index (χ1n) is 8.47. The lowest BCUT2D eigenvalue weighted by Gasteiger charge is -2.16. The molecular weight excluding hydrogens is 306 g/mol. The van der Waals surface area contributed by atoms with Gasteiger partial charge in [-0.1, -0.05) is 6.07 Å². The van der Waals surface area contributed by atoms with Gasteiger partial charge in [0.2, 0.25) is 0 Å². The van der Waals surface area contributed by atoms with Gasteiger partial charge in [-0.05, 0) is 49.3 Å². The standard InChI is InChI=1S/C17H29N5S/c1-18-17(19-9-3-6-12-23-2)21-14-15-7-8-16(20-13-15)22-10-4-5-11-22/h7-8,13H,3-6,9-12,14H2,1-2H3,(H2,18,19,21). The van der Waals surface area contributed by atoms with Crippen LogP contribution in [-0.2, 0) is 6.54 Å². The van der Waals surface area contributed by atoms with Gasteiger partial charge in [0, 0.05) is 39.4 Å². The van der Waals surface area contributed by atoms with E-state index < -0.39 is 0 Å². The third kappa shape index (κ3) is 6.29. The molecule has 0 bridgehead atoms. The second kappa shape index (κ2) is 10.4. The summed E-state index contributed by atoms with van der Waals surface area (Å²) in [4.78, 5) is 11.2. The van der Waals surface area contributed by atoms with Gasteiger partial charge in [-0.2, -0.15) is 11.8 Å². The lowest BCUT2D eigenvalue weighted by molar-refractivity contribution is 0.732. The molecule has 0 amide bonds. The van der Waals surface area contributed by atoms with Crippen LogP contribution < -0.4 is 15.5 Å². The molecule has 2 N–H and O–H groups in total. The number of rotatable bonds is 8. The van der Waals surface area contributed by atoms with E-state index >= 15 is 0 Å². The number of aliphatic imine (C=N–C) groups is 1. The number of unbranched alkanes of at least 4 members (excludes halogenated alkanes) is 1. The molecule has 0 aliphatic carbocycles. The number of anilines is 1. The molecule has 0 radical (unpaired) electrons. The Hall–Kier alpha value is -1.43. The highest BCUT2D eigenvalue weighted by molar-refractivity contribution is 7.98. The fourth-order valence-corrected chi connectivity index (χ4v) is 3.13. The van der Waals surface area contributed by atoms with Crippen LogP contribution in [0.2, 0.25) is 0 Å². The Morgan fingerprint density at radius 1 is 1.26 bits per heavy atom. The van der Waals surface area contributed by atoms with Crippen molar-refractivity contribution in [1.82, 2.24) is 15.6 Å². The third-order valence-electron chi connectivity index (χ3n) is 3.99. The minimum Gasteiger partial charge on any atom is -0.357 e. The van der Waals surface area contributed by atoms with Crippen molar-refractivity contribution in [1.29, 1.82) is 0 Å². The summed E-state index contributed by atoms with van der Waals surface area (Å²) in [5.41, 5.74) is 1.18. The van der Waals surface area contributed by atoms with Gasteiger partial charge >= 0.3 is 0 Å². The van der Waals surface area contributed by atoms with Gasteiger partial charge < -0.3 is 15.5 Å². The lowest BCUT2D eigenvalue weighted by Crippen LogP contribution is -2.37. The molecule has 0 aromatic carbocycles. The molecule has 6 heteroatoms. The summed E-state index contributed by atoms with van der Waals surface area (Å²) < 4.78 is 0. The van der Waals surface area contributed by atoms with E-state index in [1.54, 1.807) is 0 Å². The zero-order chi connectivity index (χ0) is 16.3. The van der Waals surface area contributed by atoms with Crippen molar-refractivity contribution in [2.24, 2.45) is 4.99 Å². The topological polar surface area (TPSA) is 52.6 Å². The van der Waals surface area contributed by atoms with E-state index in [0.717, 1.165) is 38.0 Å². The molecule has 128 valence electrons. The first-order chi connectivity index (χ1) is 11.3. The molecule has 0 unspecified atom stereocenters. The van der Waals surface area contributed by atoms with Crippen LogP contribution in [0.1, 0.15) is 31.2 Å². The zero-order valence-corrected chi connectivity index (χ0v) is 15.2. The second-order valence-corrected chi connectivity index (χ2v) is 6.76. The summed E-state index contributed by atoms with van der Waals surface area (Å²) in [7, 11) is 1.81. The number of nitrogens with one attached hydrogen (secondary N) is 2. The molecule has 0 atom stereocenters. The van der Waals surface area contributed by atoms with Gasteiger partial charge in [0.25, 0.3) is 0 Å². The highest BCUT2D eigenvalue weighted by atomic mass is 32.2. The van der Waals surface area contributed by atoms with E-state index in [2.05, 4.69) is 43.9 Å². The molecule has 2 rings (SSSR count). The number of hydrogen-bond donors (Lipinski definition) is 2. The number of hydrogen-bond acceptors (Lipinski definition) is 4. The minimum atomic E-state index is 0.748. The van der Waals surface area contributed by atoms with Crippen molar-refractivity contribution in [2.75, 3.05) is 43.6 Å². The first-order valence-corrected chi connectivity index (χ1v) is 9.86. The Kier molecular flexibility index (Phi) is 8.07. The van der Waals surface area contributed by atoms with E-state index in [1.165, 1.54) is 37.0 Å². The minimum absolute atomic E-state index is 0.748. The van der Waals surface area contributed by atoms with E-state index in [0.29, 0.717) is 0 Å². The highest BCUT2D eigenvalue weighted by Gasteiger charge is 2.12. The van der Waals surface area contributed by atoms with Crippen LogP contribution >= 0.6 is 11.8 Å².